The maximum absolute atomic E-state index is 12.9. The number of ether oxygens (including phenoxy) is 2. The number of halogens is 6. The fourth-order valence-electron chi connectivity index (χ4n) is 16.6. The molecule has 2 heterocycles. The van der Waals surface area contributed by atoms with Crippen molar-refractivity contribution in [2.75, 3.05) is 0 Å². The molecule has 2 spiro atoms. The Balaban J connectivity index is 0.000000146. The van der Waals surface area contributed by atoms with Gasteiger partial charge in [0.1, 0.15) is 35.0 Å². The first-order valence-corrected chi connectivity index (χ1v) is 43.0. The van der Waals surface area contributed by atoms with E-state index in [1.807, 2.05) is 0 Å². The Morgan fingerprint density at radius 3 is 1.54 bits per heavy atom. The quantitative estimate of drug-likeness (QED) is 0.117. The fourth-order valence-corrected chi connectivity index (χ4v) is 18.9. The van der Waals surface area contributed by atoms with Crippen LogP contribution in [0.3, 0.4) is 0 Å². The first kappa shape index (κ1) is 49.9. The van der Waals surface area contributed by atoms with Gasteiger partial charge < -0.3 is 14.6 Å². The van der Waals surface area contributed by atoms with E-state index in [9.17, 15) is 14.7 Å². The van der Waals surface area contributed by atoms with Crippen molar-refractivity contribution in [3.63, 3.8) is 0 Å². The zero-order chi connectivity index (χ0) is 42.0. The number of ketones is 2. The predicted molar refractivity (Wildman–Crippen MR) is 251 cm³/mol. The second-order valence-corrected chi connectivity index (χ2v) is 39.9. The van der Waals surface area contributed by atoms with E-state index in [-0.39, 0.29) is 45.6 Å². The molecule has 2 aliphatic heterocycles. The molecule has 12 fully saturated rings. The van der Waals surface area contributed by atoms with Crippen LogP contribution in [0.15, 0.2) is 0 Å². The van der Waals surface area contributed by atoms with Crippen LogP contribution >= 0.6 is 109 Å². The molecule has 10 saturated carbocycles. The van der Waals surface area contributed by atoms with Crippen LogP contribution in [0, 0.1) is 80.8 Å². The third kappa shape index (κ3) is 7.26. The van der Waals surface area contributed by atoms with Crippen LogP contribution in [-0.4, -0.2) is 62.3 Å². The Kier molecular flexibility index (Phi) is 15.9. The van der Waals surface area contributed by atoms with Gasteiger partial charge in [-0.3, -0.25) is 9.59 Å². The van der Waals surface area contributed by atoms with Crippen molar-refractivity contribution >= 4 is 120 Å². The van der Waals surface area contributed by atoms with E-state index >= 15 is 0 Å². The Morgan fingerprint density at radius 2 is 1.09 bits per heavy atom. The number of Topliss-reactive ketones (excluding diaryl/α,β-unsaturated/α-hetero) is 2. The summed E-state index contributed by atoms with van der Waals surface area (Å²) in [4.78, 5) is 26.3. The minimum atomic E-state index is -0.352. The molecular formula is C40H57BrI5O7P2V2-. The second kappa shape index (κ2) is 18.1. The molecule has 0 amide bonds. The number of aliphatic hydroxyl groups excluding tert-OH is 1. The molecule has 17 heteroatoms. The summed E-state index contributed by atoms with van der Waals surface area (Å²) in [5.41, 5.74) is 1.76. The average Bonchev–Trinajstić information content (AvgIpc) is 4.04. The van der Waals surface area contributed by atoms with E-state index in [1.165, 1.54) is 44.9 Å². The molecule has 10 aliphatic carbocycles. The summed E-state index contributed by atoms with van der Waals surface area (Å²) in [5.74, 6) is 6.39. The van der Waals surface area contributed by atoms with Gasteiger partial charge in [-0.05, 0) is 136 Å². The first-order valence-electron chi connectivity index (χ1n) is 20.7. The number of rotatable bonds is 0. The molecule has 1 N–H and O–H groups in total. The number of epoxide rings is 2. The molecule has 12 rings (SSSR count). The summed E-state index contributed by atoms with van der Waals surface area (Å²) < 4.78 is 29.3. The van der Waals surface area contributed by atoms with Crippen LogP contribution in [0.25, 0.3) is 0 Å². The zero-order valence-electron chi connectivity index (χ0n) is 32.9. The molecule has 0 bridgehead atoms. The van der Waals surface area contributed by atoms with Gasteiger partial charge in [0, 0.05) is 75.6 Å². The molecule has 8 unspecified atom stereocenters. The summed E-state index contributed by atoms with van der Waals surface area (Å²) in [6.45, 7) is 9.52. The van der Waals surface area contributed by atoms with Gasteiger partial charge in [0.15, 0.2) is 0 Å². The van der Waals surface area contributed by atoms with E-state index < -0.39 is 0 Å². The Labute approximate surface area is 424 Å². The minimum absolute atomic E-state index is 0.0240. The van der Waals surface area contributed by atoms with Gasteiger partial charge in [-0.25, -0.2) is 0 Å². The van der Waals surface area contributed by atoms with Crippen molar-refractivity contribution in [2.24, 2.45) is 80.8 Å². The second-order valence-electron chi connectivity index (χ2n) is 20.8. The van der Waals surface area contributed by atoms with Crippen LogP contribution in [0.4, 0.5) is 0 Å². The summed E-state index contributed by atoms with van der Waals surface area (Å²) in [6.07, 6.45) is 14.3. The molecule has 57 heavy (non-hydrogen) atoms. The number of fused-ring (bicyclic) bond motifs is 12. The molecule has 0 aromatic carbocycles. The number of aliphatic hydroxyl groups is 1. The van der Waals surface area contributed by atoms with Crippen LogP contribution in [0.5, 0.6) is 0 Å². The van der Waals surface area contributed by atoms with Gasteiger partial charge in [0.25, 0.3) is 0 Å². The zero-order valence-corrected chi connectivity index (χ0v) is 50.4. The molecule has 7 nitrogen and oxygen atoms in total. The molecule has 24 atom stereocenters. The van der Waals surface area contributed by atoms with Gasteiger partial charge in [-0.15, -0.1) is 18.5 Å². The van der Waals surface area contributed by atoms with Gasteiger partial charge in [0.2, 0.25) is 0 Å². The predicted octanol–water partition coefficient (Wildman–Crippen LogP) is 7.31. The molecule has 0 radical (unpaired) electrons. The standard InChI is InChI=1S/C20H28BrO2P.C20H29O3P.I3.I2.2O.2V/c2*1-18-5-4-12-13(14(18)10-7-11(10)16(18)22)15(21)17-20(23-17)8-9(24)3-6-19(12,20)2;1-3-2;1-2;;;;/h9-15,17H,3-8,24H2,1-2H3;9-15,17,21H,3-8,24H2,1-2H3;;;;;;/q;;-1;;;;;/t9-,10+,11-,12?,13?,14?,15-,17+,18-,19+,20+;9-,10+,11-,12?,13?,14?,15+,17+,18-,19+,20+;;;;;;/m00....../s1. The van der Waals surface area contributed by atoms with Crippen LogP contribution in [0.2, 0.25) is 0 Å². The van der Waals surface area contributed by atoms with Gasteiger partial charge >= 0.3 is 92.6 Å². The number of alkyl halides is 1. The van der Waals surface area contributed by atoms with Gasteiger partial charge in [-0.2, -0.15) is 0 Å². The fraction of sp³-hybridized carbons (Fsp3) is 0.950. The number of carbonyl (C=O) groups excluding carboxylic acids is 2. The van der Waals surface area contributed by atoms with Gasteiger partial charge in [-0.1, -0.05) is 43.6 Å². The maximum atomic E-state index is 12.9. The van der Waals surface area contributed by atoms with E-state index in [1.54, 1.807) is 0 Å². The van der Waals surface area contributed by atoms with E-state index in [0.29, 0.717) is 99.8 Å². The Bertz CT molecular complexity index is 1510. The molecule has 0 aromatic rings. The summed E-state index contributed by atoms with van der Waals surface area (Å²) >= 11 is 15.8. The Hall–Kier alpha value is 4.98. The number of carbonyl (C=O) groups is 2. The van der Waals surface area contributed by atoms with E-state index in [0.717, 1.165) is 72.8 Å². The molecule has 12 aliphatic rings. The summed E-state index contributed by atoms with van der Waals surface area (Å²) in [6, 6.07) is 0. The summed E-state index contributed by atoms with van der Waals surface area (Å²) in [5, 5.41) is 11.3. The van der Waals surface area contributed by atoms with Gasteiger partial charge in [0.05, 0.1) is 6.10 Å². The molecule has 0 aromatic heterocycles. The average molecular weight is 1530 g/mol. The molecule has 322 valence electrons. The van der Waals surface area contributed by atoms with Crippen molar-refractivity contribution in [1.82, 2.24) is 0 Å². The Morgan fingerprint density at radius 1 is 0.702 bits per heavy atom. The molecule has 2 saturated heterocycles. The van der Waals surface area contributed by atoms with E-state index in [2.05, 4.69) is 137 Å². The van der Waals surface area contributed by atoms with Crippen molar-refractivity contribution in [3.05, 3.63) is 0 Å². The monoisotopic (exact) mass is 1530 g/mol. The van der Waals surface area contributed by atoms with Crippen molar-refractivity contribution < 1.29 is 79.5 Å². The van der Waals surface area contributed by atoms with Crippen molar-refractivity contribution in [2.45, 2.75) is 150 Å². The first-order chi connectivity index (χ1) is 27.1. The van der Waals surface area contributed by atoms with E-state index in [4.69, 9.17) is 16.8 Å². The SMILES string of the molecule is C[C@]12CCC3C(C1[C@@H]1C[C@@H]1C2=O)[C@@H](O)[C@H]1O[C@]12C[C@@H](P)CC[C@]32C.C[C@]12CCC3C(C1[C@@H]1C[C@@H]1C2=O)[C@H](Br)[C@H]1O[C@]12C[C@@H](P)CC[C@]32C.II.I[I-]I.[O]=[V].[O]=[V]. The van der Waals surface area contributed by atoms with Crippen LogP contribution in [0.1, 0.15) is 105 Å². The molecular weight excluding hydrogens is 1470 g/mol. The number of hydrogen-bond donors (Lipinski definition) is 1. The third-order valence-electron chi connectivity index (χ3n) is 19.2. The van der Waals surface area contributed by atoms with Crippen molar-refractivity contribution in [3.8, 4) is 0 Å². The van der Waals surface area contributed by atoms with Crippen LogP contribution in [-0.2, 0) is 61.1 Å². The third-order valence-corrected chi connectivity index (χ3v) is 21.4. The normalized spacial score (nSPS) is 58.8. The number of hydrogen-bond acceptors (Lipinski definition) is 7. The van der Waals surface area contributed by atoms with Crippen molar-refractivity contribution in [1.29, 1.82) is 0 Å². The topological polar surface area (TPSA) is 114 Å². The van der Waals surface area contributed by atoms with Crippen LogP contribution < -0.4 is 13.3 Å². The summed E-state index contributed by atoms with van der Waals surface area (Å²) in [7, 11) is 6.06.